The van der Waals surface area contributed by atoms with Crippen molar-refractivity contribution in [2.75, 3.05) is 32.8 Å². The van der Waals surface area contributed by atoms with Crippen LogP contribution in [0.4, 0.5) is 0 Å². The molecule has 2 aliphatic heterocycles. The van der Waals surface area contributed by atoms with E-state index in [1.54, 1.807) is 0 Å². The first-order chi connectivity index (χ1) is 8.68. The molecule has 5 heteroatoms. The highest BCUT2D eigenvalue weighted by Gasteiger charge is 2.27. The second-order valence-corrected chi connectivity index (χ2v) is 5.34. The van der Waals surface area contributed by atoms with Crippen LogP contribution in [0.5, 0.6) is 0 Å². The van der Waals surface area contributed by atoms with E-state index < -0.39 is 0 Å². The maximum absolute atomic E-state index is 12.0. The van der Waals surface area contributed by atoms with Gasteiger partial charge < -0.3 is 15.4 Å². The normalized spacial score (nSPS) is 28.9. The van der Waals surface area contributed by atoms with E-state index in [0.717, 1.165) is 45.7 Å². The maximum atomic E-state index is 12.0. The molecule has 5 nitrogen and oxygen atoms in total. The molecule has 0 aromatic carbocycles. The molecule has 2 rings (SSSR count). The van der Waals surface area contributed by atoms with Gasteiger partial charge in [0.15, 0.2) is 0 Å². The smallest absolute Gasteiger partial charge is 0.237 e. The molecule has 3 unspecified atom stereocenters. The molecule has 1 amide bonds. The summed E-state index contributed by atoms with van der Waals surface area (Å²) in [6.07, 6.45) is 2.07. The Hall–Kier alpha value is -0.650. The molecule has 18 heavy (non-hydrogen) atoms. The zero-order valence-electron chi connectivity index (χ0n) is 11.4. The van der Waals surface area contributed by atoms with E-state index in [4.69, 9.17) is 4.74 Å². The molecule has 0 bridgehead atoms. The Kier molecular flexibility index (Phi) is 4.97. The number of nitrogens with zero attached hydrogens (tertiary/aromatic N) is 1. The first-order valence-electron chi connectivity index (χ1n) is 7.04. The maximum Gasteiger partial charge on any atom is 0.237 e. The van der Waals surface area contributed by atoms with Crippen molar-refractivity contribution in [1.82, 2.24) is 15.5 Å². The van der Waals surface area contributed by atoms with Gasteiger partial charge >= 0.3 is 0 Å². The van der Waals surface area contributed by atoms with E-state index in [2.05, 4.69) is 29.4 Å². The molecule has 0 radical (unpaired) electrons. The molecule has 104 valence electrons. The lowest BCUT2D eigenvalue weighted by atomic mass is 10.1. The molecule has 2 aliphatic rings. The lowest BCUT2D eigenvalue weighted by molar-refractivity contribution is -0.124. The molecule has 0 saturated carbocycles. The van der Waals surface area contributed by atoms with Crippen molar-refractivity contribution < 1.29 is 9.53 Å². The predicted octanol–water partition coefficient (Wildman–Crippen LogP) is -0.0362. The minimum absolute atomic E-state index is 0.0179. The SMILES string of the molecule is CC(NC(=O)C1CCCN1)C(C)N1CCOCC1. The monoisotopic (exact) mass is 255 g/mol. The topological polar surface area (TPSA) is 53.6 Å². The lowest BCUT2D eigenvalue weighted by Gasteiger charge is -2.36. The number of carbonyl (C=O) groups is 1. The Morgan fingerprint density at radius 1 is 1.39 bits per heavy atom. The number of hydrogen-bond acceptors (Lipinski definition) is 4. The Morgan fingerprint density at radius 3 is 2.72 bits per heavy atom. The van der Waals surface area contributed by atoms with Crippen LogP contribution in [-0.4, -0.2) is 61.8 Å². The number of carbonyl (C=O) groups excluding carboxylic acids is 1. The fourth-order valence-corrected chi connectivity index (χ4v) is 2.65. The van der Waals surface area contributed by atoms with Crippen LogP contribution in [0, 0.1) is 0 Å². The molecule has 2 heterocycles. The molecule has 0 spiro atoms. The van der Waals surface area contributed by atoms with Crippen LogP contribution in [-0.2, 0) is 9.53 Å². The fourth-order valence-electron chi connectivity index (χ4n) is 2.65. The van der Waals surface area contributed by atoms with Gasteiger partial charge in [-0.25, -0.2) is 0 Å². The number of ether oxygens (including phenoxy) is 1. The molecule has 0 aliphatic carbocycles. The molecular weight excluding hydrogens is 230 g/mol. The second-order valence-electron chi connectivity index (χ2n) is 5.34. The molecule has 2 N–H and O–H groups in total. The fraction of sp³-hybridized carbons (Fsp3) is 0.923. The second kappa shape index (κ2) is 6.50. The summed E-state index contributed by atoms with van der Waals surface area (Å²) in [6.45, 7) is 8.76. The third-order valence-corrected chi connectivity index (χ3v) is 4.09. The van der Waals surface area contributed by atoms with E-state index in [1.165, 1.54) is 0 Å². The van der Waals surface area contributed by atoms with Crippen molar-refractivity contribution in [3.63, 3.8) is 0 Å². The summed E-state index contributed by atoms with van der Waals surface area (Å²) in [4.78, 5) is 14.4. The van der Waals surface area contributed by atoms with Crippen LogP contribution in [0.15, 0.2) is 0 Å². The van der Waals surface area contributed by atoms with Gasteiger partial charge in [0, 0.05) is 25.2 Å². The summed E-state index contributed by atoms with van der Waals surface area (Å²) >= 11 is 0. The van der Waals surface area contributed by atoms with Gasteiger partial charge in [0.2, 0.25) is 5.91 Å². The van der Waals surface area contributed by atoms with Crippen LogP contribution in [0.2, 0.25) is 0 Å². The van der Waals surface area contributed by atoms with Gasteiger partial charge in [0.25, 0.3) is 0 Å². The number of hydrogen-bond donors (Lipinski definition) is 2. The van der Waals surface area contributed by atoms with E-state index in [-0.39, 0.29) is 18.0 Å². The van der Waals surface area contributed by atoms with Gasteiger partial charge in [-0.05, 0) is 33.2 Å². The van der Waals surface area contributed by atoms with Gasteiger partial charge in [-0.2, -0.15) is 0 Å². The average molecular weight is 255 g/mol. The van der Waals surface area contributed by atoms with Crippen molar-refractivity contribution in [3.05, 3.63) is 0 Å². The summed E-state index contributed by atoms with van der Waals surface area (Å²) in [5.74, 6) is 0.153. The van der Waals surface area contributed by atoms with Crippen molar-refractivity contribution in [2.24, 2.45) is 0 Å². The molecular formula is C13H25N3O2. The number of morpholine rings is 1. The quantitative estimate of drug-likeness (QED) is 0.740. The summed E-state index contributed by atoms with van der Waals surface area (Å²) in [7, 11) is 0. The van der Waals surface area contributed by atoms with Crippen molar-refractivity contribution >= 4 is 5.91 Å². The lowest BCUT2D eigenvalue weighted by Crippen LogP contribution is -2.54. The Labute approximate surface area is 109 Å². The number of nitrogens with one attached hydrogen (secondary N) is 2. The van der Waals surface area contributed by atoms with Gasteiger partial charge in [-0.15, -0.1) is 0 Å². The summed E-state index contributed by atoms with van der Waals surface area (Å²) in [5, 5.41) is 6.37. The third-order valence-electron chi connectivity index (χ3n) is 4.09. The summed E-state index contributed by atoms with van der Waals surface area (Å²) < 4.78 is 5.35. The zero-order chi connectivity index (χ0) is 13.0. The largest absolute Gasteiger partial charge is 0.379 e. The highest BCUT2D eigenvalue weighted by molar-refractivity contribution is 5.82. The summed E-state index contributed by atoms with van der Waals surface area (Å²) in [5.41, 5.74) is 0. The minimum Gasteiger partial charge on any atom is -0.379 e. The van der Waals surface area contributed by atoms with Crippen LogP contribution in [0.1, 0.15) is 26.7 Å². The Morgan fingerprint density at radius 2 is 2.11 bits per heavy atom. The standard InChI is InChI=1S/C13H25N3O2/c1-10(11(2)16-6-8-18-9-7-16)15-13(17)12-4-3-5-14-12/h10-12,14H,3-9H2,1-2H3,(H,15,17). The first kappa shape index (κ1) is 13.8. The molecule has 0 aromatic rings. The molecule has 3 atom stereocenters. The Balaban J connectivity index is 1.78. The van der Waals surface area contributed by atoms with Gasteiger partial charge in [-0.1, -0.05) is 0 Å². The van der Waals surface area contributed by atoms with Crippen LogP contribution >= 0.6 is 0 Å². The van der Waals surface area contributed by atoms with E-state index in [1.807, 2.05) is 0 Å². The highest BCUT2D eigenvalue weighted by Crippen LogP contribution is 2.09. The van der Waals surface area contributed by atoms with Crippen molar-refractivity contribution in [2.45, 2.75) is 44.8 Å². The van der Waals surface area contributed by atoms with Crippen LogP contribution in [0.3, 0.4) is 0 Å². The van der Waals surface area contributed by atoms with E-state index >= 15 is 0 Å². The average Bonchev–Trinajstić information content (AvgIpc) is 2.92. The van der Waals surface area contributed by atoms with Crippen molar-refractivity contribution in [3.8, 4) is 0 Å². The number of amides is 1. The van der Waals surface area contributed by atoms with Gasteiger partial charge in [0.1, 0.15) is 0 Å². The van der Waals surface area contributed by atoms with Gasteiger partial charge in [0.05, 0.1) is 19.3 Å². The van der Waals surface area contributed by atoms with E-state index in [9.17, 15) is 4.79 Å². The predicted molar refractivity (Wildman–Crippen MR) is 70.5 cm³/mol. The zero-order valence-corrected chi connectivity index (χ0v) is 11.4. The van der Waals surface area contributed by atoms with E-state index in [0.29, 0.717) is 6.04 Å². The van der Waals surface area contributed by atoms with Crippen LogP contribution < -0.4 is 10.6 Å². The van der Waals surface area contributed by atoms with Crippen molar-refractivity contribution in [1.29, 1.82) is 0 Å². The van der Waals surface area contributed by atoms with Crippen LogP contribution in [0.25, 0.3) is 0 Å². The molecule has 2 saturated heterocycles. The summed E-state index contributed by atoms with van der Waals surface area (Å²) in [6, 6.07) is 0.557. The highest BCUT2D eigenvalue weighted by atomic mass is 16.5. The third kappa shape index (κ3) is 3.43. The molecule has 0 aromatic heterocycles. The minimum atomic E-state index is 0.0179. The number of rotatable bonds is 4. The molecule has 2 fully saturated rings. The van der Waals surface area contributed by atoms with Gasteiger partial charge in [-0.3, -0.25) is 9.69 Å². The first-order valence-corrected chi connectivity index (χ1v) is 7.04. The Bertz CT molecular complexity index is 273.